The number of piperazine rings is 1. The molecule has 2 amide bonds. The van der Waals surface area contributed by atoms with Gasteiger partial charge in [0.05, 0.1) is 38.1 Å². The number of methoxy groups -OCH3 is 2. The van der Waals surface area contributed by atoms with E-state index in [1.54, 1.807) is 30.3 Å². The SMILES string of the molecule is COc1ccc(N2C(=O)CC(N3CCN(c4ccccc4F)CC3)C2=O)cc1OC. The highest BCUT2D eigenvalue weighted by atomic mass is 19.1. The van der Waals surface area contributed by atoms with Crippen molar-refractivity contribution in [1.29, 1.82) is 0 Å². The minimum atomic E-state index is -0.506. The van der Waals surface area contributed by atoms with Crippen molar-refractivity contribution >= 4 is 23.2 Å². The van der Waals surface area contributed by atoms with Crippen molar-refractivity contribution in [2.45, 2.75) is 12.5 Å². The first-order chi connectivity index (χ1) is 14.5. The molecular formula is C22H24FN3O4. The molecule has 0 bridgehead atoms. The third-order valence-corrected chi connectivity index (χ3v) is 5.70. The highest BCUT2D eigenvalue weighted by Crippen LogP contribution is 2.34. The van der Waals surface area contributed by atoms with E-state index in [-0.39, 0.29) is 24.1 Å². The van der Waals surface area contributed by atoms with Crippen molar-refractivity contribution in [3.63, 3.8) is 0 Å². The predicted molar refractivity (Wildman–Crippen MR) is 111 cm³/mol. The lowest BCUT2D eigenvalue weighted by Gasteiger charge is -2.38. The quantitative estimate of drug-likeness (QED) is 0.701. The van der Waals surface area contributed by atoms with Crippen LogP contribution in [0, 0.1) is 5.82 Å². The Labute approximate surface area is 174 Å². The normalized spacial score (nSPS) is 20.0. The number of nitrogens with zero attached hydrogens (tertiary/aromatic N) is 3. The Morgan fingerprint density at radius 2 is 1.63 bits per heavy atom. The highest BCUT2D eigenvalue weighted by molar-refractivity contribution is 6.22. The topological polar surface area (TPSA) is 62.3 Å². The maximum atomic E-state index is 14.1. The van der Waals surface area contributed by atoms with Gasteiger partial charge in [-0.25, -0.2) is 9.29 Å². The van der Waals surface area contributed by atoms with Gasteiger partial charge in [0.15, 0.2) is 11.5 Å². The first-order valence-corrected chi connectivity index (χ1v) is 9.86. The molecular weight excluding hydrogens is 389 g/mol. The number of carbonyl (C=O) groups excluding carboxylic acids is 2. The van der Waals surface area contributed by atoms with E-state index in [9.17, 15) is 14.0 Å². The summed E-state index contributed by atoms with van der Waals surface area (Å²) < 4.78 is 24.6. The Hall–Kier alpha value is -3.13. The summed E-state index contributed by atoms with van der Waals surface area (Å²) in [7, 11) is 3.04. The number of benzene rings is 2. The second kappa shape index (κ2) is 8.31. The molecule has 7 nitrogen and oxygen atoms in total. The van der Waals surface area contributed by atoms with Gasteiger partial charge in [-0.3, -0.25) is 14.5 Å². The third kappa shape index (κ3) is 3.59. The van der Waals surface area contributed by atoms with Gasteiger partial charge in [0.2, 0.25) is 5.91 Å². The minimum absolute atomic E-state index is 0.132. The van der Waals surface area contributed by atoms with Crippen molar-refractivity contribution in [1.82, 2.24) is 4.90 Å². The van der Waals surface area contributed by atoms with Crippen LogP contribution in [0.5, 0.6) is 11.5 Å². The van der Waals surface area contributed by atoms with Crippen LogP contribution in [-0.2, 0) is 9.59 Å². The van der Waals surface area contributed by atoms with Gasteiger partial charge >= 0.3 is 0 Å². The molecule has 1 unspecified atom stereocenters. The molecule has 0 aliphatic carbocycles. The van der Waals surface area contributed by atoms with Crippen molar-refractivity contribution in [3.05, 3.63) is 48.3 Å². The fourth-order valence-corrected chi connectivity index (χ4v) is 4.12. The average molecular weight is 413 g/mol. The van der Waals surface area contributed by atoms with Gasteiger partial charge in [0, 0.05) is 32.2 Å². The molecule has 0 saturated carbocycles. The number of para-hydroxylation sites is 1. The van der Waals surface area contributed by atoms with Crippen LogP contribution in [0.15, 0.2) is 42.5 Å². The van der Waals surface area contributed by atoms with Gasteiger partial charge in [0.1, 0.15) is 5.82 Å². The Morgan fingerprint density at radius 1 is 0.933 bits per heavy atom. The Bertz CT molecular complexity index is 959. The molecule has 2 saturated heterocycles. The highest BCUT2D eigenvalue weighted by Gasteiger charge is 2.43. The van der Waals surface area contributed by atoms with Crippen LogP contribution in [0.1, 0.15) is 6.42 Å². The molecule has 2 aliphatic heterocycles. The zero-order valence-electron chi connectivity index (χ0n) is 17.0. The lowest BCUT2D eigenvalue weighted by Crippen LogP contribution is -2.52. The van der Waals surface area contributed by atoms with Crippen molar-refractivity contribution < 1.29 is 23.5 Å². The number of anilines is 2. The number of rotatable bonds is 5. The van der Waals surface area contributed by atoms with Gasteiger partial charge < -0.3 is 14.4 Å². The molecule has 2 heterocycles. The first kappa shape index (κ1) is 20.2. The third-order valence-electron chi connectivity index (χ3n) is 5.70. The monoisotopic (exact) mass is 413 g/mol. The van der Waals surface area contributed by atoms with Gasteiger partial charge in [-0.05, 0) is 24.3 Å². The number of carbonyl (C=O) groups is 2. The van der Waals surface area contributed by atoms with Crippen LogP contribution >= 0.6 is 0 Å². The summed E-state index contributed by atoms with van der Waals surface area (Å²) in [4.78, 5) is 31.0. The largest absolute Gasteiger partial charge is 0.493 e. The number of hydrogen-bond acceptors (Lipinski definition) is 6. The van der Waals surface area contributed by atoms with Gasteiger partial charge in [0.25, 0.3) is 5.91 Å². The van der Waals surface area contributed by atoms with E-state index in [2.05, 4.69) is 0 Å². The van der Waals surface area contributed by atoms with Crippen LogP contribution in [0.4, 0.5) is 15.8 Å². The van der Waals surface area contributed by atoms with Crippen LogP contribution in [-0.4, -0.2) is 63.2 Å². The van der Waals surface area contributed by atoms with E-state index in [4.69, 9.17) is 9.47 Å². The van der Waals surface area contributed by atoms with E-state index in [1.165, 1.54) is 25.2 Å². The number of imide groups is 1. The second-order valence-electron chi connectivity index (χ2n) is 7.30. The van der Waals surface area contributed by atoms with Crippen molar-refractivity contribution in [2.24, 2.45) is 0 Å². The molecule has 2 fully saturated rings. The van der Waals surface area contributed by atoms with Crippen LogP contribution in [0.25, 0.3) is 0 Å². The standard InChI is InChI=1S/C22H24FN3O4/c1-29-19-8-7-15(13-20(19)30-2)26-21(27)14-18(22(26)28)25-11-9-24(10-12-25)17-6-4-3-5-16(17)23/h3-8,13,18H,9-12,14H2,1-2H3. The van der Waals surface area contributed by atoms with Crippen LogP contribution in [0.3, 0.4) is 0 Å². The molecule has 0 spiro atoms. The number of ether oxygens (including phenoxy) is 2. The average Bonchev–Trinajstić information content (AvgIpc) is 3.07. The Kier molecular flexibility index (Phi) is 5.59. The smallest absolute Gasteiger partial charge is 0.251 e. The predicted octanol–water partition coefficient (Wildman–Crippen LogP) is 2.30. The zero-order valence-corrected chi connectivity index (χ0v) is 17.0. The second-order valence-corrected chi connectivity index (χ2v) is 7.30. The maximum Gasteiger partial charge on any atom is 0.251 e. The molecule has 158 valence electrons. The fraction of sp³-hybridized carbons (Fsp3) is 0.364. The molecule has 2 aliphatic rings. The van der Waals surface area contributed by atoms with Crippen LogP contribution < -0.4 is 19.3 Å². The first-order valence-electron chi connectivity index (χ1n) is 9.86. The maximum absolute atomic E-state index is 14.1. The summed E-state index contributed by atoms with van der Waals surface area (Å²) in [5, 5.41) is 0. The number of amides is 2. The molecule has 8 heteroatoms. The lowest BCUT2D eigenvalue weighted by atomic mass is 10.1. The van der Waals surface area contributed by atoms with E-state index >= 15 is 0 Å². The Morgan fingerprint density at radius 3 is 2.30 bits per heavy atom. The molecule has 30 heavy (non-hydrogen) atoms. The number of halogens is 1. The van der Waals surface area contributed by atoms with Gasteiger partial charge in [-0.15, -0.1) is 0 Å². The van der Waals surface area contributed by atoms with Gasteiger partial charge in [-0.1, -0.05) is 12.1 Å². The number of hydrogen-bond donors (Lipinski definition) is 0. The summed E-state index contributed by atoms with van der Waals surface area (Å²) in [5.74, 6) is 0.247. The molecule has 2 aromatic rings. The van der Waals surface area contributed by atoms with E-state index in [0.29, 0.717) is 49.1 Å². The summed E-state index contributed by atoms with van der Waals surface area (Å²) >= 11 is 0. The molecule has 0 aromatic heterocycles. The molecule has 4 rings (SSSR count). The van der Waals surface area contributed by atoms with Crippen LogP contribution in [0.2, 0.25) is 0 Å². The lowest BCUT2D eigenvalue weighted by molar-refractivity contribution is -0.123. The van der Waals surface area contributed by atoms with Crippen molar-refractivity contribution in [3.8, 4) is 11.5 Å². The summed E-state index contributed by atoms with van der Waals surface area (Å²) in [6, 6.07) is 11.2. The zero-order chi connectivity index (χ0) is 21.3. The molecule has 0 N–H and O–H groups in total. The Balaban J connectivity index is 1.47. The minimum Gasteiger partial charge on any atom is -0.493 e. The molecule has 2 aromatic carbocycles. The fourth-order valence-electron chi connectivity index (χ4n) is 4.12. The van der Waals surface area contributed by atoms with Gasteiger partial charge in [-0.2, -0.15) is 0 Å². The molecule has 1 atom stereocenters. The van der Waals surface area contributed by atoms with E-state index in [0.717, 1.165) is 0 Å². The summed E-state index contributed by atoms with van der Waals surface area (Å²) in [6.07, 6.45) is 0.132. The van der Waals surface area contributed by atoms with Crippen molar-refractivity contribution in [2.75, 3.05) is 50.2 Å². The summed E-state index contributed by atoms with van der Waals surface area (Å²) in [6.45, 7) is 2.35. The van der Waals surface area contributed by atoms with E-state index < -0.39 is 6.04 Å². The summed E-state index contributed by atoms with van der Waals surface area (Å²) in [5.41, 5.74) is 1.04. The molecule has 0 radical (unpaired) electrons. The van der Waals surface area contributed by atoms with E-state index in [1.807, 2.05) is 15.9 Å².